The van der Waals surface area contributed by atoms with Crippen LogP contribution in [-0.2, 0) is 0 Å². The van der Waals surface area contributed by atoms with Crippen molar-refractivity contribution in [3.63, 3.8) is 0 Å². The predicted octanol–water partition coefficient (Wildman–Crippen LogP) is 3.05. The number of nitrogens with one attached hydrogen (secondary N) is 1. The van der Waals surface area contributed by atoms with Gasteiger partial charge in [0, 0.05) is 12.1 Å². The quantitative estimate of drug-likeness (QED) is 0.795. The molecule has 0 amide bonds. The van der Waals surface area contributed by atoms with Gasteiger partial charge in [-0.25, -0.2) is 4.39 Å². The minimum Gasteiger partial charge on any atom is -0.493 e. The molecule has 0 aliphatic carbocycles. The molecule has 2 nitrogen and oxygen atoms in total. The lowest BCUT2D eigenvalue weighted by Gasteiger charge is -2.12. The number of halogens is 1. The van der Waals surface area contributed by atoms with Crippen LogP contribution < -0.4 is 10.1 Å². The molecule has 1 aromatic carbocycles. The topological polar surface area (TPSA) is 21.3 Å². The predicted molar refractivity (Wildman–Crippen MR) is 66.9 cm³/mol. The fourth-order valence-electron chi connectivity index (χ4n) is 2.24. The molecule has 1 atom stereocenters. The van der Waals surface area contributed by atoms with Crippen LogP contribution in [0.5, 0.6) is 5.75 Å². The van der Waals surface area contributed by atoms with Crippen LogP contribution in [0.1, 0.15) is 31.2 Å². The van der Waals surface area contributed by atoms with Crippen LogP contribution >= 0.6 is 0 Å². The van der Waals surface area contributed by atoms with Crippen LogP contribution in [-0.4, -0.2) is 19.2 Å². The maximum absolute atomic E-state index is 13.0. The first-order chi connectivity index (χ1) is 8.25. The Kier molecular flexibility index (Phi) is 4.37. The molecule has 0 radical (unpaired) electrons. The summed E-state index contributed by atoms with van der Waals surface area (Å²) >= 11 is 0. The number of aryl methyl sites for hydroxylation is 1. The molecule has 2 rings (SSSR count). The van der Waals surface area contributed by atoms with Crippen molar-refractivity contribution in [2.24, 2.45) is 0 Å². The molecule has 1 fully saturated rings. The normalized spacial score (nSPS) is 19.5. The molecule has 1 aromatic rings. The van der Waals surface area contributed by atoms with E-state index in [0.717, 1.165) is 24.9 Å². The molecule has 1 N–H and O–H groups in total. The largest absolute Gasteiger partial charge is 0.493 e. The number of hydrogen-bond donors (Lipinski definition) is 1. The fourth-order valence-corrected chi connectivity index (χ4v) is 2.24. The molecule has 1 heterocycles. The molecule has 1 aliphatic rings. The van der Waals surface area contributed by atoms with Crippen molar-refractivity contribution in [1.82, 2.24) is 5.32 Å². The molecular formula is C14H20FNO. The third-order valence-electron chi connectivity index (χ3n) is 3.27. The lowest BCUT2D eigenvalue weighted by atomic mass is 10.1. The number of ether oxygens (including phenoxy) is 1. The summed E-state index contributed by atoms with van der Waals surface area (Å²) in [5.41, 5.74) is 0.991. The summed E-state index contributed by atoms with van der Waals surface area (Å²) in [7, 11) is 0. The molecule has 0 bridgehead atoms. The number of rotatable bonds is 5. The fraction of sp³-hybridized carbons (Fsp3) is 0.571. The Bertz CT molecular complexity index is 361. The van der Waals surface area contributed by atoms with Gasteiger partial charge in [0.15, 0.2) is 0 Å². The summed E-state index contributed by atoms with van der Waals surface area (Å²) in [6, 6.07) is 5.34. The van der Waals surface area contributed by atoms with Gasteiger partial charge in [-0.1, -0.05) is 6.07 Å². The first kappa shape index (κ1) is 12.4. The first-order valence-electron chi connectivity index (χ1n) is 6.38. The van der Waals surface area contributed by atoms with Crippen LogP contribution in [0.25, 0.3) is 0 Å². The maximum Gasteiger partial charge on any atom is 0.126 e. The molecule has 17 heavy (non-hydrogen) atoms. The average molecular weight is 237 g/mol. The Morgan fingerprint density at radius 3 is 3.12 bits per heavy atom. The van der Waals surface area contributed by atoms with Crippen molar-refractivity contribution in [1.29, 1.82) is 0 Å². The van der Waals surface area contributed by atoms with Gasteiger partial charge in [-0.15, -0.1) is 0 Å². The van der Waals surface area contributed by atoms with E-state index in [4.69, 9.17) is 4.74 Å². The molecule has 0 aromatic heterocycles. The summed E-state index contributed by atoms with van der Waals surface area (Å²) in [4.78, 5) is 0. The Morgan fingerprint density at radius 2 is 2.35 bits per heavy atom. The molecule has 1 saturated heterocycles. The van der Waals surface area contributed by atoms with Crippen LogP contribution in [0.2, 0.25) is 0 Å². The molecule has 0 saturated carbocycles. The highest BCUT2D eigenvalue weighted by Gasteiger charge is 2.13. The van der Waals surface area contributed by atoms with Gasteiger partial charge in [0.05, 0.1) is 6.61 Å². The zero-order valence-corrected chi connectivity index (χ0v) is 10.3. The number of benzene rings is 1. The van der Waals surface area contributed by atoms with E-state index in [1.165, 1.54) is 25.0 Å². The molecule has 3 heteroatoms. The second-order valence-corrected chi connectivity index (χ2v) is 4.69. The minimum absolute atomic E-state index is 0.233. The first-order valence-corrected chi connectivity index (χ1v) is 6.38. The van der Waals surface area contributed by atoms with Gasteiger partial charge in [0.25, 0.3) is 0 Å². The van der Waals surface area contributed by atoms with Gasteiger partial charge in [0.2, 0.25) is 0 Å². The molecule has 1 aliphatic heterocycles. The molecule has 1 unspecified atom stereocenters. The van der Waals surface area contributed by atoms with Gasteiger partial charge in [-0.3, -0.25) is 0 Å². The van der Waals surface area contributed by atoms with Crippen molar-refractivity contribution in [2.45, 2.75) is 38.6 Å². The van der Waals surface area contributed by atoms with Crippen molar-refractivity contribution in [3.8, 4) is 5.75 Å². The van der Waals surface area contributed by atoms with Crippen LogP contribution in [0.4, 0.5) is 4.39 Å². The third kappa shape index (κ3) is 3.70. The van der Waals surface area contributed by atoms with E-state index in [2.05, 4.69) is 5.32 Å². The maximum atomic E-state index is 13.0. The van der Waals surface area contributed by atoms with Crippen molar-refractivity contribution in [3.05, 3.63) is 29.6 Å². The Balaban J connectivity index is 1.72. The van der Waals surface area contributed by atoms with Crippen LogP contribution in [0.15, 0.2) is 18.2 Å². The van der Waals surface area contributed by atoms with Crippen molar-refractivity contribution < 1.29 is 9.13 Å². The van der Waals surface area contributed by atoms with Gasteiger partial charge in [0.1, 0.15) is 11.6 Å². The van der Waals surface area contributed by atoms with Crippen LogP contribution in [0.3, 0.4) is 0 Å². The van der Waals surface area contributed by atoms with Gasteiger partial charge in [-0.05, 0) is 50.8 Å². The van der Waals surface area contributed by atoms with E-state index in [0.29, 0.717) is 18.4 Å². The van der Waals surface area contributed by atoms with Crippen molar-refractivity contribution in [2.75, 3.05) is 13.2 Å². The Hall–Kier alpha value is -1.09. The number of hydrogen-bond acceptors (Lipinski definition) is 2. The second-order valence-electron chi connectivity index (χ2n) is 4.69. The zero-order valence-electron chi connectivity index (χ0n) is 10.3. The van der Waals surface area contributed by atoms with E-state index in [1.54, 1.807) is 6.07 Å². The summed E-state index contributed by atoms with van der Waals surface area (Å²) < 4.78 is 18.6. The van der Waals surface area contributed by atoms with Crippen molar-refractivity contribution >= 4 is 0 Å². The SMILES string of the molecule is Cc1ccc(F)cc1OCCCC1CCCN1. The highest BCUT2D eigenvalue weighted by molar-refractivity contribution is 5.32. The lowest BCUT2D eigenvalue weighted by molar-refractivity contribution is 0.296. The van der Waals surface area contributed by atoms with E-state index >= 15 is 0 Å². The molecule has 0 spiro atoms. The Labute approximate surface area is 102 Å². The lowest BCUT2D eigenvalue weighted by Crippen LogP contribution is -2.21. The zero-order chi connectivity index (χ0) is 12.1. The summed E-state index contributed by atoms with van der Waals surface area (Å²) in [5.74, 6) is 0.437. The van der Waals surface area contributed by atoms with E-state index in [1.807, 2.05) is 6.92 Å². The standard InChI is InChI=1S/C14H20FNO/c1-11-6-7-12(15)10-14(11)17-9-3-5-13-4-2-8-16-13/h6-7,10,13,16H,2-5,8-9H2,1H3. The van der Waals surface area contributed by atoms with Gasteiger partial charge >= 0.3 is 0 Å². The smallest absolute Gasteiger partial charge is 0.126 e. The monoisotopic (exact) mass is 237 g/mol. The molecule has 94 valence electrons. The van der Waals surface area contributed by atoms with E-state index in [-0.39, 0.29) is 5.82 Å². The summed E-state index contributed by atoms with van der Waals surface area (Å²) in [5, 5.41) is 3.46. The van der Waals surface area contributed by atoms with E-state index in [9.17, 15) is 4.39 Å². The van der Waals surface area contributed by atoms with E-state index < -0.39 is 0 Å². The summed E-state index contributed by atoms with van der Waals surface area (Å²) in [6.07, 6.45) is 4.73. The summed E-state index contributed by atoms with van der Waals surface area (Å²) in [6.45, 7) is 3.75. The van der Waals surface area contributed by atoms with Gasteiger partial charge in [-0.2, -0.15) is 0 Å². The minimum atomic E-state index is -0.233. The second kappa shape index (κ2) is 6.01. The van der Waals surface area contributed by atoms with Crippen LogP contribution in [0, 0.1) is 12.7 Å². The third-order valence-corrected chi connectivity index (χ3v) is 3.27. The highest BCUT2D eigenvalue weighted by atomic mass is 19.1. The molecular weight excluding hydrogens is 217 g/mol. The highest BCUT2D eigenvalue weighted by Crippen LogP contribution is 2.19. The average Bonchev–Trinajstić information content (AvgIpc) is 2.82. The Morgan fingerprint density at radius 1 is 1.47 bits per heavy atom. The van der Waals surface area contributed by atoms with Gasteiger partial charge < -0.3 is 10.1 Å².